The minimum atomic E-state index is -1.06. The van der Waals surface area contributed by atoms with Crippen LogP contribution in [0.15, 0.2) is 57.0 Å². The van der Waals surface area contributed by atoms with E-state index in [1.54, 1.807) is 38.3 Å². The lowest BCUT2D eigenvalue weighted by atomic mass is 10.2. The van der Waals surface area contributed by atoms with E-state index >= 15 is 0 Å². The van der Waals surface area contributed by atoms with E-state index in [4.69, 9.17) is 9.47 Å². The van der Waals surface area contributed by atoms with E-state index in [1.807, 2.05) is 24.3 Å². The van der Waals surface area contributed by atoms with Gasteiger partial charge in [0.1, 0.15) is 17.3 Å². The van der Waals surface area contributed by atoms with E-state index < -0.39 is 5.97 Å². The van der Waals surface area contributed by atoms with E-state index in [2.05, 4.69) is 31.1 Å². The molecule has 0 saturated carbocycles. The molecule has 7 nitrogen and oxygen atoms in total. The second-order valence-electron chi connectivity index (χ2n) is 5.94. The number of benzene rings is 2. The Kier molecular flexibility index (Phi) is 6.95. The Balaban J connectivity index is 1.77. The van der Waals surface area contributed by atoms with Crippen molar-refractivity contribution in [1.82, 2.24) is 15.2 Å². The van der Waals surface area contributed by atoms with E-state index in [0.29, 0.717) is 34.7 Å². The first-order valence-corrected chi connectivity index (χ1v) is 10.1. The summed E-state index contributed by atoms with van der Waals surface area (Å²) in [4.78, 5) is 15.8. The quantitative estimate of drug-likeness (QED) is 0.360. The number of nitrogens with one attached hydrogen (secondary N) is 1. The van der Waals surface area contributed by atoms with Crippen LogP contribution < -0.4 is 9.47 Å². The molecule has 0 atom stereocenters. The maximum absolute atomic E-state index is 11.6. The number of hydrogen-bond donors (Lipinski definition) is 2. The fourth-order valence-corrected chi connectivity index (χ4v) is 3.40. The molecule has 3 rings (SSSR count). The average Bonchev–Trinajstić information content (AvgIpc) is 3.12. The molecule has 0 radical (unpaired) electrons. The zero-order valence-corrected chi connectivity index (χ0v) is 18.1. The summed E-state index contributed by atoms with van der Waals surface area (Å²) in [6.45, 7) is 2.14. The van der Waals surface area contributed by atoms with Crippen LogP contribution in [-0.2, 0) is 11.4 Å². The number of hydrogen-bond acceptors (Lipinski definition) is 6. The first-order valence-electron chi connectivity index (χ1n) is 8.51. The first kappa shape index (κ1) is 20.9. The molecule has 0 spiro atoms. The molecular formula is C20H18BrN3O4S. The van der Waals surface area contributed by atoms with Gasteiger partial charge >= 0.3 is 5.97 Å². The van der Waals surface area contributed by atoms with Gasteiger partial charge in [-0.1, -0.05) is 34.1 Å². The SMILES string of the molecule is COc1cc(/C=C(\Sc2n[nH]c(C)n2)C(=O)O)ccc1OCc1ccc(Br)cc1. The molecule has 0 amide bonds. The minimum Gasteiger partial charge on any atom is -0.493 e. The maximum Gasteiger partial charge on any atom is 0.342 e. The van der Waals surface area contributed by atoms with Gasteiger partial charge in [-0.15, -0.1) is 5.10 Å². The minimum absolute atomic E-state index is 0.0922. The third kappa shape index (κ3) is 5.85. The zero-order chi connectivity index (χ0) is 20.8. The predicted octanol–water partition coefficient (Wildman–Crippen LogP) is 4.68. The summed E-state index contributed by atoms with van der Waals surface area (Å²) in [7, 11) is 1.54. The molecule has 3 aromatic rings. The molecule has 0 aliphatic rings. The second-order valence-corrected chi connectivity index (χ2v) is 7.87. The number of aromatic nitrogens is 3. The predicted molar refractivity (Wildman–Crippen MR) is 114 cm³/mol. The highest BCUT2D eigenvalue weighted by molar-refractivity contribution is 9.10. The smallest absolute Gasteiger partial charge is 0.342 e. The van der Waals surface area contributed by atoms with Crippen LogP contribution in [0.5, 0.6) is 11.5 Å². The van der Waals surface area contributed by atoms with Crippen molar-refractivity contribution in [3.63, 3.8) is 0 Å². The molecule has 0 aliphatic carbocycles. The molecule has 150 valence electrons. The molecule has 1 heterocycles. The number of carboxylic acid groups (broad SMARTS) is 1. The van der Waals surface area contributed by atoms with Gasteiger partial charge in [-0.3, -0.25) is 5.10 Å². The summed E-state index contributed by atoms with van der Waals surface area (Å²) >= 11 is 4.38. The van der Waals surface area contributed by atoms with E-state index in [0.717, 1.165) is 21.8 Å². The van der Waals surface area contributed by atoms with Gasteiger partial charge in [0.05, 0.1) is 7.11 Å². The average molecular weight is 476 g/mol. The number of ether oxygens (including phenoxy) is 2. The van der Waals surface area contributed by atoms with Gasteiger partial charge < -0.3 is 14.6 Å². The molecule has 9 heteroatoms. The normalized spacial score (nSPS) is 11.3. The van der Waals surface area contributed by atoms with Crippen molar-refractivity contribution in [3.05, 3.63) is 68.8 Å². The van der Waals surface area contributed by atoms with Crippen LogP contribution in [0.4, 0.5) is 0 Å². The van der Waals surface area contributed by atoms with Crippen LogP contribution in [0, 0.1) is 6.92 Å². The number of nitrogens with zero attached hydrogens (tertiary/aromatic N) is 2. The Hall–Kier alpha value is -2.78. The highest BCUT2D eigenvalue weighted by atomic mass is 79.9. The molecule has 0 fully saturated rings. The van der Waals surface area contributed by atoms with Gasteiger partial charge in [-0.05, 0) is 60.2 Å². The maximum atomic E-state index is 11.6. The number of aliphatic carboxylic acids is 1. The molecule has 0 bridgehead atoms. The number of aromatic amines is 1. The Morgan fingerprint density at radius 3 is 2.62 bits per heavy atom. The molecule has 0 aliphatic heterocycles. The van der Waals surface area contributed by atoms with Crippen molar-refractivity contribution in [2.45, 2.75) is 18.7 Å². The lowest BCUT2D eigenvalue weighted by molar-refractivity contribution is -0.131. The number of rotatable bonds is 8. The highest BCUT2D eigenvalue weighted by Gasteiger charge is 2.14. The van der Waals surface area contributed by atoms with Crippen LogP contribution in [-0.4, -0.2) is 33.4 Å². The van der Waals surface area contributed by atoms with Crippen molar-refractivity contribution in [2.24, 2.45) is 0 Å². The lowest BCUT2D eigenvalue weighted by Gasteiger charge is -2.12. The van der Waals surface area contributed by atoms with Gasteiger partial charge in [0.2, 0.25) is 5.16 Å². The second kappa shape index (κ2) is 9.62. The summed E-state index contributed by atoms with van der Waals surface area (Å²) in [6, 6.07) is 13.1. The van der Waals surface area contributed by atoms with Crippen LogP contribution >= 0.6 is 27.7 Å². The van der Waals surface area contributed by atoms with Gasteiger partial charge in [0.15, 0.2) is 11.5 Å². The fourth-order valence-electron chi connectivity index (χ4n) is 2.39. The monoisotopic (exact) mass is 475 g/mol. The largest absolute Gasteiger partial charge is 0.493 e. The summed E-state index contributed by atoms with van der Waals surface area (Å²) in [5.74, 6) is 0.638. The van der Waals surface area contributed by atoms with E-state index in [1.165, 1.54) is 0 Å². The Labute approximate surface area is 180 Å². The van der Waals surface area contributed by atoms with Gasteiger partial charge in [-0.2, -0.15) is 0 Å². The zero-order valence-electron chi connectivity index (χ0n) is 15.7. The lowest BCUT2D eigenvalue weighted by Crippen LogP contribution is -1.99. The number of carbonyl (C=O) groups is 1. The topological polar surface area (TPSA) is 97.3 Å². The summed E-state index contributed by atoms with van der Waals surface area (Å²) < 4.78 is 12.3. The third-order valence-corrected chi connectivity index (χ3v) is 5.19. The first-order chi connectivity index (χ1) is 13.9. The molecule has 0 unspecified atom stereocenters. The molecular weight excluding hydrogens is 458 g/mol. The Bertz CT molecular complexity index is 1030. The van der Waals surface area contributed by atoms with Crippen molar-refractivity contribution < 1.29 is 19.4 Å². The third-order valence-electron chi connectivity index (χ3n) is 3.78. The molecule has 1 aromatic heterocycles. The fraction of sp³-hybridized carbons (Fsp3) is 0.150. The van der Waals surface area contributed by atoms with Crippen molar-refractivity contribution in [1.29, 1.82) is 0 Å². The van der Waals surface area contributed by atoms with Crippen LogP contribution in [0.25, 0.3) is 6.08 Å². The summed E-state index contributed by atoms with van der Waals surface area (Å²) in [5, 5.41) is 16.5. The number of methoxy groups -OCH3 is 1. The standard InChI is InChI=1S/C20H18BrN3O4S/c1-12-22-20(24-23-12)29-18(19(25)26)10-14-5-8-16(17(9-14)27-2)28-11-13-3-6-15(21)7-4-13/h3-10H,11H2,1-2H3,(H,25,26)(H,22,23,24)/b18-10-. The Morgan fingerprint density at radius 2 is 2.00 bits per heavy atom. The summed E-state index contributed by atoms with van der Waals surface area (Å²) in [5.41, 5.74) is 1.68. The molecule has 2 N–H and O–H groups in total. The van der Waals surface area contributed by atoms with Crippen LogP contribution in [0.2, 0.25) is 0 Å². The number of thioether (sulfide) groups is 1. The number of halogens is 1. The van der Waals surface area contributed by atoms with E-state index in [9.17, 15) is 9.90 Å². The highest BCUT2D eigenvalue weighted by Crippen LogP contribution is 2.32. The van der Waals surface area contributed by atoms with Gasteiger partial charge in [0, 0.05) is 4.47 Å². The molecule has 0 saturated heterocycles. The molecule has 29 heavy (non-hydrogen) atoms. The summed E-state index contributed by atoms with van der Waals surface area (Å²) in [6.07, 6.45) is 1.54. The molecule has 2 aromatic carbocycles. The van der Waals surface area contributed by atoms with Crippen molar-refractivity contribution >= 4 is 39.7 Å². The van der Waals surface area contributed by atoms with Gasteiger partial charge in [-0.25, -0.2) is 9.78 Å². The van der Waals surface area contributed by atoms with Crippen molar-refractivity contribution in [3.8, 4) is 11.5 Å². The number of aryl methyl sites for hydroxylation is 1. The number of H-pyrrole nitrogens is 1. The van der Waals surface area contributed by atoms with Crippen molar-refractivity contribution in [2.75, 3.05) is 7.11 Å². The number of carboxylic acids is 1. The Morgan fingerprint density at radius 1 is 1.24 bits per heavy atom. The van der Waals surface area contributed by atoms with E-state index in [-0.39, 0.29) is 4.91 Å². The van der Waals surface area contributed by atoms with Crippen LogP contribution in [0.3, 0.4) is 0 Å². The van der Waals surface area contributed by atoms with Crippen LogP contribution in [0.1, 0.15) is 17.0 Å². The van der Waals surface area contributed by atoms with Gasteiger partial charge in [0.25, 0.3) is 0 Å².